The number of nitro benzene ring substituents is 1. The van der Waals surface area contributed by atoms with Crippen molar-refractivity contribution in [2.75, 3.05) is 5.32 Å². The molecule has 32 heavy (non-hydrogen) atoms. The second-order valence-corrected chi connectivity index (χ2v) is 7.04. The summed E-state index contributed by atoms with van der Waals surface area (Å²) in [6, 6.07) is 13.1. The molecule has 2 heterocycles. The Morgan fingerprint density at radius 1 is 1.16 bits per heavy atom. The molecule has 0 aliphatic carbocycles. The zero-order chi connectivity index (χ0) is 22.8. The van der Waals surface area contributed by atoms with E-state index in [-0.39, 0.29) is 22.8 Å². The first-order valence-corrected chi connectivity index (χ1v) is 9.51. The number of anilines is 1. The molecule has 4 rings (SSSR count). The van der Waals surface area contributed by atoms with Gasteiger partial charge in [0.2, 0.25) is 0 Å². The van der Waals surface area contributed by atoms with Gasteiger partial charge in [-0.2, -0.15) is 0 Å². The minimum absolute atomic E-state index is 0.171. The van der Waals surface area contributed by atoms with E-state index in [0.29, 0.717) is 22.8 Å². The van der Waals surface area contributed by atoms with Crippen molar-refractivity contribution in [3.63, 3.8) is 0 Å². The van der Waals surface area contributed by atoms with Gasteiger partial charge in [0.05, 0.1) is 10.5 Å². The molecule has 1 aliphatic rings. The summed E-state index contributed by atoms with van der Waals surface area (Å²) in [6.45, 7) is 1.57. The molecule has 1 atom stereocenters. The zero-order valence-corrected chi connectivity index (χ0v) is 16.7. The Balaban J connectivity index is 1.64. The molecule has 3 N–H and O–H groups in total. The van der Waals surface area contributed by atoms with Gasteiger partial charge in [-0.1, -0.05) is 6.07 Å². The number of allylic oxidation sites excluding steroid dienone is 1. The molecule has 0 fully saturated rings. The highest BCUT2D eigenvalue weighted by molar-refractivity contribution is 6.06. The van der Waals surface area contributed by atoms with E-state index in [9.17, 15) is 24.1 Å². The summed E-state index contributed by atoms with van der Waals surface area (Å²) in [4.78, 5) is 35.6. The molecule has 0 saturated carbocycles. The Bertz CT molecular complexity index is 1250. The molecule has 3 amide bonds. The van der Waals surface area contributed by atoms with Gasteiger partial charge in [0, 0.05) is 29.1 Å². The molecule has 0 bridgehead atoms. The smallest absolute Gasteiger partial charge is 0.319 e. The van der Waals surface area contributed by atoms with Crippen LogP contribution in [-0.2, 0) is 4.79 Å². The summed E-state index contributed by atoms with van der Waals surface area (Å²) in [5.41, 5.74) is 1.17. The van der Waals surface area contributed by atoms with Gasteiger partial charge in [-0.05, 0) is 49.4 Å². The first-order chi connectivity index (χ1) is 15.3. The molecular weight excluding hydrogens is 419 g/mol. The lowest BCUT2D eigenvalue weighted by Crippen LogP contribution is -2.45. The number of carbonyl (C=O) groups is 2. The molecule has 2 aromatic carbocycles. The van der Waals surface area contributed by atoms with Crippen LogP contribution < -0.4 is 16.0 Å². The second kappa shape index (κ2) is 8.34. The third-order valence-corrected chi connectivity index (χ3v) is 4.87. The van der Waals surface area contributed by atoms with Crippen LogP contribution in [0.2, 0.25) is 0 Å². The molecule has 1 aliphatic heterocycles. The second-order valence-electron chi connectivity index (χ2n) is 7.04. The van der Waals surface area contributed by atoms with Gasteiger partial charge in [0.1, 0.15) is 23.4 Å². The fraction of sp³-hybridized carbons (Fsp3) is 0.0909. The number of urea groups is 1. The lowest BCUT2D eigenvalue weighted by Gasteiger charge is -2.27. The lowest BCUT2D eigenvalue weighted by molar-refractivity contribution is -0.384. The standard InChI is InChI=1S/C22H17FN4O5/c1-12-19(21(28)25-15-3-2-4-16(11-15)27(30)31)20(26-22(29)24-12)18-10-9-17(32-18)13-5-7-14(23)8-6-13/h2-11,20H,1H3,(H,25,28)(H2,24,26,29). The SMILES string of the molecule is CC1=C(C(=O)Nc2cccc([N+](=O)[O-])c2)C(c2ccc(-c3ccc(F)cc3)o2)NC(=O)N1. The number of hydrogen-bond donors (Lipinski definition) is 3. The maximum absolute atomic E-state index is 13.2. The van der Waals surface area contributed by atoms with Gasteiger partial charge in [-0.3, -0.25) is 14.9 Å². The highest BCUT2D eigenvalue weighted by atomic mass is 19.1. The Labute approximate surface area is 181 Å². The van der Waals surface area contributed by atoms with E-state index in [2.05, 4.69) is 16.0 Å². The number of non-ortho nitro benzene ring substituents is 1. The van der Waals surface area contributed by atoms with Crippen LogP contribution in [0.1, 0.15) is 18.7 Å². The van der Waals surface area contributed by atoms with Crippen LogP contribution in [0.5, 0.6) is 0 Å². The Kier molecular flexibility index (Phi) is 5.42. The third-order valence-electron chi connectivity index (χ3n) is 4.87. The van der Waals surface area contributed by atoms with Gasteiger partial charge in [0.15, 0.2) is 0 Å². The third kappa shape index (κ3) is 4.19. The van der Waals surface area contributed by atoms with Gasteiger partial charge in [-0.15, -0.1) is 0 Å². The number of rotatable bonds is 5. The van der Waals surface area contributed by atoms with Crippen molar-refractivity contribution in [2.24, 2.45) is 0 Å². The predicted molar refractivity (Wildman–Crippen MR) is 113 cm³/mol. The molecule has 1 aromatic heterocycles. The van der Waals surface area contributed by atoms with Gasteiger partial charge >= 0.3 is 6.03 Å². The van der Waals surface area contributed by atoms with Crippen LogP contribution in [0.25, 0.3) is 11.3 Å². The highest BCUT2D eigenvalue weighted by Gasteiger charge is 2.33. The first-order valence-electron chi connectivity index (χ1n) is 9.51. The van der Waals surface area contributed by atoms with E-state index in [1.165, 1.54) is 36.4 Å². The topological polar surface area (TPSA) is 127 Å². The molecular formula is C22H17FN4O5. The van der Waals surface area contributed by atoms with Crippen molar-refractivity contribution in [3.8, 4) is 11.3 Å². The fourth-order valence-corrected chi connectivity index (χ4v) is 3.38. The van der Waals surface area contributed by atoms with Crippen molar-refractivity contribution >= 4 is 23.3 Å². The van der Waals surface area contributed by atoms with E-state index >= 15 is 0 Å². The first kappa shape index (κ1) is 20.8. The summed E-state index contributed by atoms with van der Waals surface area (Å²) in [5.74, 6) is -0.225. The van der Waals surface area contributed by atoms with Crippen LogP contribution in [0.4, 0.5) is 20.6 Å². The molecule has 0 spiro atoms. The molecule has 10 heteroatoms. The maximum Gasteiger partial charge on any atom is 0.319 e. The quantitative estimate of drug-likeness (QED) is 0.407. The summed E-state index contributed by atoms with van der Waals surface area (Å²) < 4.78 is 19.1. The lowest BCUT2D eigenvalue weighted by atomic mass is 9.99. The number of furan rings is 1. The van der Waals surface area contributed by atoms with Gasteiger partial charge in [-0.25, -0.2) is 9.18 Å². The van der Waals surface area contributed by atoms with E-state index in [1.54, 1.807) is 31.2 Å². The predicted octanol–water partition coefficient (Wildman–Crippen LogP) is 4.26. The van der Waals surface area contributed by atoms with E-state index in [0.717, 1.165) is 0 Å². The van der Waals surface area contributed by atoms with Gasteiger partial charge in [0.25, 0.3) is 11.6 Å². The summed E-state index contributed by atoms with van der Waals surface area (Å²) in [6.07, 6.45) is 0. The summed E-state index contributed by atoms with van der Waals surface area (Å²) >= 11 is 0. The van der Waals surface area contributed by atoms with E-state index in [1.807, 2.05) is 0 Å². The minimum atomic E-state index is -0.906. The van der Waals surface area contributed by atoms with Crippen LogP contribution >= 0.6 is 0 Å². The summed E-state index contributed by atoms with van der Waals surface area (Å²) in [7, 11) is 0. The summed E-state index contributed by atoms with van der Waals surface area (Å²) in [5, 5.41) is 18.8. The largest absolute Gasteiger partial charge is 0.459 e. The Morgan fingerprint density at radius 3 is 2.62 bits per heavy atom. The average Bonchev–Trinajstić information content (AvgIpc) is 3.24. The van der Waals surface area contributed by atoms with Crippen LogP contribution in [0.3, 0.4) is 0 Å². The molecule has 0 saturated heterocycles. The van der Waals surface area contributed by atoms with Crippen LogP contribution in [-0.4, -0.2) is 16.9 Å². The van der Waals surface area contributed by atoms with Crippen molar-refractivity contribution < 1.29 is 23.3 Å². The highest BCUT2D eigenvalue weighted by Crippen LogP contribution is 2.32. The minimum Gasteiger partial charge on any atom is -0.459 e. The number of hydrogen-bond acceptors (Lipinski definition) is 5. The monoisotopic (exact) mass is 436 g/mol. The molecule has 9 nitrogen and oxygen atoms in total. The molecule has 0 radical (unpaired) electrons. The van der Waals surface area contributed by atoms with Crippen LogP contribution in [0, 0.1) is 15.9 Å². The normalized spacial score (nSPS) is 15.7. The molecule has 1 unspecified atom stereocenters. The fourth-order valence-electron chi connectivity index (χ4n) is 3.38. The van der Waals surface area contributed by atoms with Crippen molar-refractivity contribution in [1.29, 1.82) is 0 Å². The Hall–Kier alpha value is -4.47. The molecule has 162 valence electrons. The number of carbonyl (C=O) groups excluding carboxylic acids is 2. The Morgan fingerprint density at radius 2 is 1.91 bits per heavy atom. The number of amides is 3. The van der Waals surface area contributed by atoms with Crippen molar-refractivity contribution in [3.05, 3.63) is 93.6 Å². The van der Waals surface area contributed by atoms with Crippen molar-refractivity contribution in [1.82, 2.24) is 10.6 Å². The maximum atomic E-state index is 13.2. The number of nitrogens with zero attached hydrogens (tertiary/aromatic N) is 1. The number of halogens is 1. The van der Waals surface area contributed by atoms with Crippen molar-refractivity contribution in [2.45, 2.75) is 13.0 Å². The van der Waals surface area contributed by atoms with E-state index in [4.69, 9.17) is 4.42 Å². The average molecular weight is 436 g/mol. The molecule has 3 aromatic rings. The van der Waals surface area contributed by atoms with Gasteiger partial charge < -0.3 is 20.4 Å². The number of nitrogens with one attached hydrogen (secondary N) is 3. The zero-order valence-electron chi connectivity index (χ0n) is 16.7. The number of nitro groups is 1. The number of benzene rings is 2. The van der Waals surface area contributed by atoms with Crippen LogP contribution in [0.15, 0.2) is 76.4 Å². The van der Waals surface area contributed by atoms with E-state index < -0.39 is 22.9 Å².